The lowest BCUT2D eigenvalue weighted by Gasteiger charge is -2.08. The molecule has 1 aromatic carbocycles. The molecule has 0 aliphatic heterocycles. The Morgan fingerprint density at radius 2 is 1.52 bits per heavy atom. The van der Waals surface area contributed by atoms with Crippen LogP contribution in [0, 0.1) is 0 Å². The molecule has 25 heavy (non-hydrogen) atoms. The fourth-order valence-electron chi connectivity index (χ4n) is 2.73. The highest BCUT2D eigenvalue weighted by molar-refractivity contribution is 7.92. The first kappa shape index (κ1) is 21.5. The van der Waals surface area contributed by atoms with Gasteiger partial charge in [0.25, 0.3) is 5.91 Å². The molecule has 0 bridgehead atoms. The number of amides is 1. The molecule has 0 aliphatic carbocycles. The molecule has 1 amide bonds. The van der Waals surface area contributed by atoms with Crippen LogP contribution in [0.4, 0.5) is 5.69 Å². The number of unbranched alkanes of at least 4 members (excludes halogenated alkanes) is 9. The highest BCUT2D eigenvalue weighted by Gasteiger charge is 2.11. The first-order chi connectivity index (χ1) is 11.9. The molecule has 0 aliphatic rings. The molecule has 0 saturated heterocycles. The molecule has 0 fully saturated rings. The summed E-state index contributed by atoms with van der Waals surface area (Å²) in [6.45, 7) is 2.22. The van der Waals surface area contributed by atoms with Gasteiger partial charge in [-0.2, -0.15) is 0 Å². The Hall–Kier alpha value is -1.56. The maximum atomic E-state index is 12.1. The van der Waals surface area contributed by atoms with E-state index in [9.17, 15) is 13.2 Å². The molecule has 0 unspecified atom stereocenters. The molecule has 141 valence electrons. The van der Waals surface area contributed by atoms with E-state index in [1.54, 1.807) is 12.1 Å². The van der Waals surface area contributed by atoms with Gasteiger partial charge >= 0.3 is 0 Å². The summed E-state index contributed by atoms with van der Waals surface area (Å²) in [5, 5.41) is 0. The van der Waals surface area contributed by atoms with Crippen LogP contribution in [0.3, 0.4) is 0 Å². The lowest BCUT2D eigenvalue weighted by molar-refractivity contribution is 0.0992. The number of rotatable bonds is 14. The van der Waals surface area contributed by atoms with Crippen molar-refractivity contribution in [2.45, 2.75) is 71.1 Å². The van der Waals surface area contributed by atoms with Crippen LogP contribution in [0.15, 0.2) is 24.3 Å². The number of nitrogens with one attached hydrogen (secondary N) is 2. The van der Waals surface area contributed by atoms with Gasteiger partial charge in [0.2, 0.25) is 10.0 Å². The van der Waals surface area contributed by atoms with E-state index in [2.05, 4.69) is 11.6 Å². The first-order valence-corrected chi connectivity index (χ1v) is 11.0. The maximum Gasteiger partial charge on any atom is 0.269 e. The van der Waals surface area contributed by atoms with E-state index in [-0.39, 0.29) is 11.3 Å². The minimum absolute atomic E-state index is 0.0859. The van der Waals surface area contributed by atoms with Gasteiger partial charge in [-0.05, 0) is 24.6 Å². The summed E-state index contributed by atoms with van der Waals surface area (Å²) in [5.41, 5.74) is 7.59. The molecule has 0 atom stereocenters. The van der Waals surface area contributed by atoms with Crippen molar-refractivity contribution in [2.24, 2.45) is 0 Å². The quantitative estimate of drug-likeness (QED) is 0.480. The van der Waals surface area contributed by atoms with Crippen molar-refractivity contribution in [1.82, 2.24) is 5.73 Å². The molecule has 0 saturated carbocycles. The Balaban J connectivity index is 2.19. The molecule has 2 N–H and O–H groups in total. The van der Waals surface area contributed by atoms with Crippen molar-refractivity contribution in [3.63, 3.8) is 0 Å². The summed E-state index contributed by atoms with van der Waals surface area (Å²) in [7, 11) is -3.41. The highest BCUT2D eigenvalue weighted by Crippen LogP contribution is 2.14. The van der Waals surface area contributed by atoms with Crippen LogP contribution < -0.4 is 10.5 Å². The third-order valence-corrected chi connectivity index (χ3v) is 5.54. The smallest absolute Gasteiger partial charge is 0.269 e. The Kier molecular flexibility index (Phi) is 10.2. The van der Waals surface area contributed by atoms with Gasteiger partial charge in [0.1, 0.15) is 0 Å². The molecule has 0 aromatic heterocycles. The Labute approximate surface area is 152 Å². The SMILES string of the molecule is CCCCCCCCCCCCS(=O)(=O)Nc1cccc(C([NH])=O)c1. The minimum atomic E-state index is -3.41. The molecule has 5 nitrogen and oxygen atoms in total. The summed E-state index contributed by atoms with van der Waals surface area (Å²) < 4.78 is 26.6. The monoisotopic (exact) mass is 367 g/mol. The van der Waals surface area contributed by atoms with Gasteiger partial charge in [0, 0.05) is 11.3 Å². The highest BCUT2D eigenvalue weighted by atomic mass is 32.2. The number of hydrogen-bond donors (Lipinski definition) is 1. The minimum Gasteiger partial charge on any atom is -0.284 e. The molecule has 6 heteroatoms. The van der Waals surface area contributed by atoms with Crippen LogP contribution in [0.1, 0.15) is 81.5 Å². The summed E-state index contributed by atoms with van der Waals surface area (Å²) in [6, 6.07) is 6.05. The normalized spacial score (nSPS) is 11.4. The lowest BCUT2D eigenvalue weighted by Crippen LogP contribution is -2.17. The van der Waals surface area contributed by atoms with Gasteiger partial charge < -0.3 is 0 Å². The van der Waals surface area contributed by atoms with Crippen molar-refractivity contribution in [3.05, 3.63) is 29.8 Å². The third kappa shape index (κ3) is 10.1. The van der Waals surface area contributed by atoms with Gasteiger partial charge in [0.05, 0.1) is 5.75 Å². The molecular weight excluding hydrogens is 336 g/mol. The largest absolute Gasteiger partial charge is 0.284 e. The van der Waals surface area contributed by atoms with E-state index in [4.69, 9.17) is 5.73 Å². The average Bonchev–Trinajstić information content (AvgIpc) is 2.56. The van der Waals surface area contributed by atoms with E-state index in [1.807, 2.05) is 0 Å². The number of sulfonamides is 1. The predicted molar refractivity (Wildman–Crippen MR) is 103 cm³/mol. The Morgan fingerprint density at radius 1 is 0.960 bits per heavy atom. The standard InChI is InChI=1S/C19H31N2O3S/c1-2-3-4-5-6-7-8-9-10-11-15-25(23,24)21-18-14-12-13-17(16-18)19(20)22/h12-14,16,20-21H,2-11,15H2,1H3. The first-order valence-electron chi connectivity index (χ1n) is 9.31. The van der Waals surface area contributed by atoms with E-state index < -0.39 is 15.9 Å². The van der Waals surface area contributed by atoms with Crippen LogP contribution in [0.25, 0.3) is 0 Å². The van der Waals surface area contributed by atoms with Gasteiger partial charge in [0.15, 0.2) is 0 Å². The third-order valence-electron chi connectivity index (χ3n) is 4.16. The molecule has 1 radical (unpaired) electrons. The van der Waals surface area contributed by atoms with Gasteiger partial charge in [-0.15, -0.1) is 0 Å². The summed E-state index contributed by atoms with van der Waals surface area (Å²) in [4.78, 5) is 11.0. The van der Waals surface area contributed by atoms with Crippen molar-refractivity contribution < 1.29 is 13.2 Å². The van der Waals surface area contributed by atoms with Crippen LogP contribution in [-0.2, 0) is 10.0 Å². The zero-order valence-electron chi connectivity index (χ0n) is 15.2. The van der Waals surface area contributed by atoms with Crippen molar-refractivity contribution in [1.29, 1.82) is 0 Å². The number of carbonyl (C=O) groups excluding carboxylic acids is 1. The van der Waals surface area contributed by atoms with Crippen molar-refractivity contribution >= 4 is 21.6 Å². The van der Waals surface area contributed by atoms with E-state index in [0.29, 0.717) is 12.1 Å². The molecule has 1 rings (SSSR count). The van der Waals surface area contributed by atoms with E-state index in [0.717, 1.165) is 12.8 Å². The number of hydrogen-bond acceptors (Lipinski definition) is 3. The second-order valence-corrected chi connectivity index (χ2v) is 8.35. The zero-order valence-corrected chi connectivity index (χ0v) is 16.0. The fourth-order valence-corrected chi connectivity index (χ4v) is 3.91. The second-order valence-electron chi connectivity index (χ2n) is 6.51. The summed E-state index contributed by atoms with van der Waals surface area (Å²) >= 11 is 0. The average molecular weight is 368 g/mol. The van der Waals surface area contributed by atoms with Crippen LogP contribution in [-0.4, -0.2) is 20.1 Å². The maximum absolute atomic E-state index is 12.1. The van der Waals surface area contributed by atoms with Crippen molar-refractivity contribution in [3.8, 4) is 0 Å². The topological polar surface area (TPSA) is 87.0 Å². The second kappa shape index (κ2) is 11.9. The van der Waals surface area contributed by atoms with Crippen LogP contribution >= 0.6 is 0 Å². The van der Waals surface area contributed by atoms with Gasteiger partial charge in [-0.25, -0.2) is 8.42 Å². The van der Waals surface area contributed by atoms with Crippen LogP contribution in [0.5, 0.6) is 0 Å². The zero-order chi connectivity index (χ0) is 18.5. The summed E-state index contributed by atoms with van der Waals surface area (Å²) in [6.07, 6.45) is 11.6. The van der Waals surface area contributed by atoms with Gasteiger partial charge in [-0.3, -0.25) is 15.3 Å². The molecule has 1 aromatic rings. The number of carbonyl (C=O) groups is 1. The van der Waals surface area contributed by atoms with E-state index in [1.165, 1.54) is 57.1 Å². The van der Waals surface area contributed by atoms with Crippen molar-refractivity contribution in [2.75, 3.05) is 10.5 Å². The Morgan fingerprint density at radius 3 is 2.08 bits per heavy atom. The summed E-state index contributed by atoms with van der Waals surface area (Å²) in [5.74, 6) is -0.738. The molecule has 0 heterocycles. The number of anilines is 1. The molecular formula is C19H31N2O3S. The fraction of sp³-hybridized carbons (Fsp3) is 0.632. The molecule has 0 spiro atoms. The number of benzene rings is 1. The van der Waals surface area contributed by atoms with Gasteiger partial charge in [-0.1, -0.05) is 70.8 Å². The predicted octanol–water partition coefficient (Wildman–Crippen LogP) is 4.77. The van der Waals surface area contributed by atoms with Crippen LogP contribution in [0.2, 0.25) is 0 Å². The Bertz CT molecular complexity index is 615. The van der Waals surface area contributed by atoms with E-state index >= 15 is 0 Å². The lowest BCUT2D eigenvalue weighted by atomic mass is 10.1.